The van der Waals surface area contributed by atoms with Crippen molar-refractivity contribution in [3.05, 3.63) is 17.7 Å². The van der Waals surface area contributed by atoms with E-state index in [1.165, 1.54) is 12.8 Å². The summed E-state index contributed by atoms with van der Waals surface area (Å²) in [5, 5.41) is 0. The van der Waals surface area contributed by atoms with Crippen LogP contribution in [0.25, 0.3) is 0 Å². The van der Waals surface area contributed by atoms with Gasteiger partial charge < -0.3 is 4.98 Å². The number of imidazole rings is 1. The molecule has 1 aromatic rings. The average molecular weight is 157 g/mol. The topological polar surface area (TPSA) is 28.7 Å². The van der Waals surface area contributed by atoms with Crippen molar-refractivity contribution >= 4 is 11.6 Å². The predicted octanol–water partition coefficient (Wildman–Crippen LogP) is 2.03. The van der Waals surface area contributed by atoms with Crippen molar-refractivity contribution in [2.24, 2.45) is 0 Å². The summed E-state index contributed by atoms with van der Waals surface area (Å²) < 4.78 is 0. The SMILES string of the molecule is ClCc1cnc(C2CC2)[nH]1. The lowest BCUT2D eigenvalue weighted by Crippen LogP contribution is -1.81. The molecule has 2 rings (SSSR count). The second-order valence-corrected chi connectivity index (χ2v) is 2.97. The molecule has 0 spiro atoms. The van der Waals surface area contributed by atoms with Gasteiger partial charge >= 0.3 is 0 Å². The molecule has 0 bridgehead atoms. The summed E-state index contributed by atoms with van der Waals surface area (Å²) in [5.41, 5.74) is 1.03. The first-order valence-electron chi connectivity index (χ1n) is 3.50. The molecule has 2 nitrogen and oxygen atoms in total. The Bertz CT molecular complexity index is 227. The van der Waals surface area contributed by atoms with Crippen LogP contribution in [-0.4, -0.2) is 9.97 Å². The predicted molar refractivity (Wildman–Crippen MR) is 40.1 cm³/mol. The highest BCUT2D eigenvalue weighted by atomic mass is 35.5. The van der Waals surface area contributed by atoms with Gasteiger partial charge in [0.1, 0.15) is 5.82 Å². The van der Waals surface area contributed by atoms with Crippen LogP contribution >= 0.6 is 11.6 Å². The highest BCUT2D eigenvalue weighted by Crippen LogP contribution is 2.38. The maximum absolute atomic E-state index is 5.59. The molecule has 0 radical (unpaired) electrons. The fourth-order valence-corrected chi connectivity index (χ4v) is 1.14. The zero-order chi connectivity index (χ0) is 6.97. The molecule has 0 aromatic carbocycles. The van der Waals surface area contributed by atoms with Crippen molar-refractivity contribution in [2.75, 3.05) is 0 Å². The summed E-state index contributed by atoms with van der Waals surface area (Å²) in [6, 6.07) is 0. The van der Waals surface area contributed by atoms with E-state index in [1.54, 1.807) is 0 Å². The van der Waals surface area contributed by atoms with Crippen molar-refractivity contribution in [3.63, 3.8) is 0 Å². The van der Waals surface area contributed by atoms with E-state index in [-0.39, 0.29) is 0 Å². The molecule has 1 heterocycles. The maximum Gasteiger partial charge on any atom is 0.109 e. The summed E-state index contributed by atoms with van der Waals surface area (Å²) in [7, 11) is 0. The number of nitrogens with one attached hydrogen (secondary N) is 1. The first kappa shape index (κ1) is 6.23. The van der Waals surface area contributed by atoms with Gasteiger partial charge in [-0.2, -0.15) is 0 Å². The fraction of sp³-hybridized carbons (Fsp3) is 0.571. The van der Waals surface area contributed by atoms with Crippen molar-refractivity contribution in [3.8, 4) is 0 Å². The normalized spacial score (nSPS) is 17.7. The molecule has 0 aliphatic heterocycles. The van der Waals surface area contributed by atoms with Crippen molar-refractivity contribution in [1.29, 1.82) is 0 Å². The van der Waals surface area contributed by atoms with Crippen molar-refractivity contribution in [1.82, 2.24) is 9.97 Å². The molecule has 10 heavy (non-hydrogen) atoms. The van der Waals surface area contributed by atoms with Crippen LogP contribution in [0.3, 0.4) is 0 Å². The van der Waals surface area contributed by atoms with Gasteiger partial charge in [0.15, 0.2) is 0 Å². The zero-order valence-corrected chi connectivity index (χ0v) is 6.36. The second-order valence-electron chi connectivity index (χ2n) is 2.70. The number of alkyl halides is 1. The van der Waals surface area contributed by atoms with Crippen LogP contribution in [0.15, 0.2) is 6.20 Å². The third-order valence-corrected chi connectivity index (χ3v) is 2.04. The molecule has 0 saturated heterocycles. The molecule has 1 aliphatic rings. The minimum atomic E-state index is 0.541. The quantitative estimate of drug-likeness (QED) is 0.653. The molecule has 3 heteroatoms. The number of halogens is 1. The Morgan fingerprint density at radius 3 is 3.00 bits per heavy atom. The first-order chi connectivity index (χ1) is 4.90. The van der Waals surface area contributed by atoms with Crippen LogP contribution in [0.4, 0.5) is 0 Å². The van der Waals surface area contributed by atoms with Gasteiger partial charge in [-0.05, 0) is 12.8 Å². The van der Waals surface area contributed by atoms with E-state index in [1.807, 2.05) is 6.20 Å². The van der Waals surface area contributed by atoms with Crippen molar-refractivity contribution in [2.45, 2.75) is 24.6 Å². The molecular weight excluding hydrogens is 148 g/mol. The number of H-pyrrole nitrogens is 1. The smallest absolute Gasteiger partial charge is 0.109 e. The molecule has 1 aromatic heterocycles. The van der Waals surface area contributed by atoms with Crippen LogP contribution in [0.1, 0.15) is 30.3 Å². The number of aromatic nitrogens is 2. The molecular formula is C7H9ClN2. The van der Waals surface area contributed by atoms with E-state index in [0.29, 0.717) is 11.8 Å². The second kappa shape index (κ2) is 2.27. The molecule has 1 saturated carbocycles. The molecule has 0 amide bonds. The monoisotopic (exact) mass is 156 g/mol. The lowest BCUT2D eigenvalue weighted by atomic mass is 10.4. The molecule has 1 N–H and O–H groups in total. The van der Waals surface area contributed by atoms with Gasteiger partial charge in [0.2, 0.25) is 0 Å². The van der Waals surface area contributed by atoms with Crippen LogP contribution in [0, 0.1) is 0 Å². The first-order valence-corrected chi connectivity index (χ1v) is 4.03. The molecule has 1 aliphatic carbocycles. The Hall–Kier alpha value is -0.500. The Kier molecular flexibility index (Phi) is 1.42. The Labute approximate surface area is 64.6 Å². The van der Waals surface area contributed by atoms with E-state index in [0.717, 1.165) is 11.5 Å². The molecule has 0 atom stereocenters. The van der Waals surface area contributed by atoms with Crippen LogP contribution in [-0.2, 0) is 5.88 Å². The largest absolute Gasteiger partial charge is 0.345 e. The summed E-state index contributed by atoms with van der Waals surface area (Å²) in [6.45, 7) is 0. The summed E-state index contributed by atoms with van der Waals surface area (Å²) >= 11 is 5.59. The fourth-order valence-electron chi connectivity index (χ4n) is 1.01. The van der Waals surface area contributed by atoms with E-state index < -0.39 is 0 Å². The number of hydrogen-bond donors (Lipinski definition) is 1. The third-order valence-electron chi connectivity index (χ3n) is 1.76. The Morgan fingerprint density at radius 1 is 1.70 bits per heavy atom. The average Bonchev–Trinajstić information content (AvgIpc) is 2.70. The van der Waals surface area contributed by atoms with Gasteiger partial charge in [0, 0.05) is 17.8 Å². The van der Waals surface area contributed by atoms with Crippen molar-refractivity contribution < 1.29 is 0 Å². The molecule has 0 unspecified atom stereocenters. The zero-order valence-electron chi connectivity index (χ0n) is 5.60. The van der Waals surface area contributed by atoms with Gasteiger partial charge in [-0.15, -0.1) is 11.6 Å². The van der Waals surface area contributed by atoms with Crippen LogP contribution in [0.5, 0.6) is 0 Å². The van der Waals surface area contributed by atoms with Gasteiger partial charge in [0.25, 0.3) is 0 Å². The number of hydrogen-bond acceptors (Lipinski definition) is 1. The van der Waals surface area contributed by atoms with Gasteiger partial charge in [-0.1, -0.05) is 0 Å². The summed E-state index contributed by atoms with van der Waals surface area (Å²) in [5.74, 6) is 2.37. The number of aromatic amines is 1. The van der Waals surface area contributed by atoms with E-state index in [2.05, 4.69) is 9.97 Å². The highest BCUT2D eigenvalue weighted by Gasteiger charge is 2.26. The van der Waals surface area contributed by atoms with E-state index >= 15 is 0 Å². The highest BCUT2D eigenvalue weighted by molar-refractivity contribution is 6.16. The minimum absolute atomic E-state index is 0.541. The maximum atomic E-state index is 5.59. The van der Waals surface area contributed by atoms with Gasteiger partial charge in [0.05, 0.1) is 5.88 Å². The van der Waals surface area contributed by atoms with E-state index in [9.17, 15) is 0 Å². The third kappa shape index (κ3) is 1.03. The Balaban J connectivity index is 2.19. The molecule has 1 fully saturated rings. The van der Waals surface area contributed by atoms with E-state index in [4.69, 9.17) is 11.6 Å². The molecule has 54 valence electrons. The minimum Gasteiger partial charge on any atom is -0.345 e. The van der Waals surface area contributed by atoms with Gasteiger partial charge in [-0.3, -0.25) is 0 Å². The van der Waals surface area contributed by atoms with Crippen LogP contribution < -0.4 is 0 Å². The number of nitrogens with zero attached hydrogens (tertiary/aromatic N) is 1. The van der Waals surface area contributed by atoms with Gasteiger partial charge in [-0.25, -0.2) is 4.98 Å². The lowest BCUT2D eigenvalue weighted by Gasteiger charge is -1.86. The summed E-state index contributed by atoms with van der Waals surface area (Å²) in [6.07, 6.45) is 4.39. The Morgan fingerprint density at radius 2 is 2.50 bits per heavy atom. The lowest BCUT2D eigenvalue weighted by molar-refractivity contribution is 0.966. The number of rotatable bonds is 2. The van der Waals surface area contributed by atoms with Crippen LogP contribution in [0.2, 0.25) is 0 Å². The summed E-state index contributed by atoms with van der Waals surface area (Å²) in [4.78, 5) is 7.39. The standard InChI is InChI=1S/C7H9ClN2/c8-3-6-4-9-7(10-6)5-1-2-5/h4-5H,1-3H2,(H,9,10).